The van der Waals surface area contributed by atoms with Crippen LogP contribution in [-0.4, -0.2) is 18.1 Å². The average molecular weight is 339 g/mol. The lowest BCUT2D eigenvalue weighted by molar-refractivity contribution is 0.424. The van der Waals surface area contributed by atoms with Crippen LogP contribution < -0.4 is 10.2 Å². The van der Waals surface area contributed by atoms with E-state index in [2.05, 4.69) is 79.0 Å². The van der Waals surface area contributed by atoms with Crippen molar-refractivity contribution in [1.29, 1.82) is 0 Å². The Bertz CT molecular complexity index is 465. The van der Waals surface area contributed by atoms with Crippen LogP contribution in [0.5, 0.6) is 0 Å². The maximum absolute atomic E-state index is 3.76. The highest BCUT2D eigenvalue weighted by Gasteiger charge is 2.27. The minimum absolute atomic E-state index is 0.157. The van der Waals surface area contributed by atoms with Gasteiger partial charge in [-0.05, 0) is 73.7 Å². The quantitative estimate of drug-likeness (QED) is 0.868. The van der Waals surface area contributed by atoms with Crippen molar-refractivity contribution in [3.8, 4) is 0 Å². The van der Waals surface area contributed by atoms with Gasteiger partial charge in [0.1, 0.15) is 0 Å². The standard InChI is InChI=1S/C17H27BrN2/c1-12-8-13(2)20(11-12)16-7-6-14(9-15(16)18)10-19-17(3,4)5/h6-7,9,12-13,19H,8,10-11H2,1-5H3. The van der Waals surface area contributed by atoms with Crippen molar-refractivity contribution < 1.29 is 0 Å². The van der Waals surface area contributed by atoms with Gasteiger partial charge in [-0.2, -0.15) is 0 Å². The maximum Gasteiger partial charge on any atom is 0.0513 e. The summed E-state index contributed by atoms with van der Waals surface area (Å²) in [4.78, 5) is 2.52. The van der Waals surface area contributed by atoms with Crippen LogP contribution in [0.2, 0.25) is 0 Å². The Hall–Kier alpha value is -0.540. The van der Waals surface area contributed by atoms with Gasteiger partial charge in [-0.25, -0.2) is 0 Å². The van der Waals surface area contributed by atoms with Crippen molar-refractivity contribution in [1.82, 2.24) is 5.32 Å². The largest absolute Gasteiger partial charge is 0.368 e. The van der Waals surface area contributed by atoms with Gasteiger partial charge in [-0.15, -0.1) is 0 Å². The third-order valence-corrected chi connectivity index (χ3v) is 4.56. The highest BCUT2D eigenvalue weighted by atomic mass is 79.9. The van der Waals surface area contributed by atoms with Gasteiger partial charge >= 0.3 is 0 Å². The summed E-state index contributed by atoms with van der Waals surface area (Å²) in [5, 5.41) is 3.54. The molecule has 2 atom stereocenters. The molecule has 0 saturated carbocycles. The Kier molecular flexibility index (Phi) is 4.80. The molecule has 1 N–H and O–H groups in total. The van der Waals surface area contributed by atoms with Gasteiger partial charge < -0.3 is 10.2 Å². The molecular formula is C17H27BrN2. The van der Waals surface area contributed by atoms with E-state index in [0.717, 1.165) is 12.5 Å². The molecule has 1 aromatic rings. The van der Waals surface area contributed by atoms with E-state index in [0.29, 0.717) is 6.04 Å². The molecule has 2 unspecified atom stereocenters. The first kappa shape index (κ1) is 15.8. The molecule has 20 heavy (non-hydrogen) atoms. The average Bonchev–Trinajstić information content (AvgIpc) is 2.65. The summed E-state index contributed by atoms with van der Waals surface area (Å²) < 4.78 is 1.21. The van der Waals surface area contributed by atoms with E-state index in [1.54, 1.807) is 0 Å². The lowest BCUT2D eigenvalue weighted by Gasteiger charge is -2.26. The molecule has 2 nitrogen and oxygen atoms in total. The second-order valence-corrected chi connectivity index (χ2v) is 8.09. The second kappa shape index (κ2) is 6.07. The molecule has 0 amide bonds. The molecule has 0 aromatic heterocycles. The van der Waals surface area contributed by atoms with Crippen molar-refractivity contribution in [2.45, 2.75) is 59.2 Å². The van der Waals surface area contributed by atoms with E-state index in [1.165, 1.54) is 28.7 Å². The van der Waals surface area contributed by atoms with Crippen LogP contribution in [0.25, 0.3) is 0 Å². The van der Waals surface area contributed by atoms with Gasteiger partial charge in [0.15, 0.2) is 0 Å². The summed E-state index contributed by atoms with van der Waals surface area (Å²) in [5.74, 6) is 0.791. The van der Waals surface area contributed by atoms with Gasteiger partial charge in [-0.1, -0.05) is 13.0 Å². The monoisotopic (exact) mass is 338 g/mol. The molecule has 1 aliphatic rings. The van der Waals surface area contributed by atoms with Crippen LogP contribution in [0.4, 0.5) is 5.69 Å². The fraction of sp³-hybridized carbons (Fsp3) is 0.647. The van der Waals surface area contributed by atoms with Gasteiger partial charge in [0.25, 0.3) is 0 Å². The zero-order valence-electron chi connectivity index (χ0n) is 13.3. The third-order valence-electron chi connectivity index (χ3n) is 3.93. The van der Waals surface area contributed by atoms with Crippen LogP contribution in [0.15, 0.2) is 22.7 Å². The summed E-state index contributed by atoms with van der Waals surface area (Å²) >= 11 is 3.76. The zero-order valence-corrected chi connectivity index (χ0v) is 14.9. The maximum atomic E-state index is 3.76. The molecule has 3 heteroatoms. The Balaban J connectivity index is 2.10. The Labute approximate surface area is 132 Å². The van der Waals surface area contributed by atoms with E-state index in [4.69, 9.17) is 0 Å². The van der Waals surface area contributed by atoms with Crippen LogP contribution in [0.3, 0.4) is 0 Å². The fourth-order valence-corrected chi connectivity index (χ4v) is 3.55. The van der Waals surface area contributed by atoms with E-state index < -0.39 is 0 Å². The molecular weight excluding hydrogens is 312 g/mol. The van der Waals surface area contributed by atoms with E-state index >= 15 is 0 Å². The Morgan fingerprint density at radius 2 is 2.00 bits per heavy atom. The minimum Gasteiger partial charge on any atom is -0.368 e. The predicted octanol–water partition coefficient (Wildman–Crippen LogP) is 4.57. The first-order valence-electron chi connectivity index (χ1n) is 7.56. The number of benzene rings is 1. The van der Waals surface area contributed by atoms with Crippen LogP contribution in [-0.2, 0) is 6.54 Å². The summed E-state index contributed by atoms with van der Waals surface area (Å²) in [6, 6.07) is 7.40. The van der Waals surface area contributed by atoms with Gasteiger partial charge in [0, 0.05) is 29.1 Å². The Morgan fingerprint density at radius 1 is 1.30 bits per heavy atom. The van der Waals surface area contributed by atoms with Crippen molar-refractivity contribution in [3.05, 3.63) is 28.2 Å². The van der Waals surface area contributed by atoms with Gasteiger partial charge in [0.2, 0.25) is 0 Å². The predicted molar refractivity (Wildman–Crippen MR) is 91.3 cm³/mol. The lowest BCUT2D eigenvalue weighted by Crippen LogP contribution is -2.35. The number of nitrogens with one attached hydrogen (secondary N) is 1. The summed E-state index contributed by atoms with van der Waals surface area (Å²) in [7, 11) is 0. The molecule has 1 heterocycles. The van der Waals surface area contributed by atoms with E-state index in [1.807, 2.05) is 0 Å². The van der Waals surface area contributed by atoms with E-state index in [-0.39, 0.29) is 5.54 Å². The van der Waals surface area contributed by atoms with Gasteiger partial charge in [0.05, 0.1) is 5.69 Å². The molecule has 0 spiro atoms. The smallest absolute Gasteiger partial charge is 0.0513 e. The molecule has 1 aromatic carbocycles. The highest BCUT2D eigenvalue weighted by molar-refractivity contribution is 9.10. The van der Waals surface area contributed by atoms with Crippen molar-refractivity contribution in [2.24, 2.45) is 5.92 Å². The number of anilines is 1. The van der Waals surface area contributed by atoms with Crippen LogP contribution in [0, 0.1) is 5.92 Å². The van der Waals surface area contributed by atoms with Crippen molar-refractivity contribution in [2.75, 3.05) is 11.4 Å². The van der Waals surface area contributed by atoms with Crippen LogP contribution >= 0.6 is 15.9 Å². The third kappa shape index (κ3) is 3.98. The number of hydrogen-bond donors (Lipinski definition) is 1. The second-order valence-electron chi connectivity index (χ2n) is 7.23. The molecule has 1 saturated heterocycles. The summed E-state index contributed by atoms with van der Waals surface area (Å²) in [6.45, 7) is 13.3. The van der Waals surface area contributed by atoms with Crippen LogP contribution in [0.1, 0.15) is 46.6 Å². The molecule has 0 radical (unpaired) electrons. The van der Waals surface area contributed by atoms with E-state index in [9.17, 15) is 0 Å². The minimum atomic E-state index is 0.157. The van der Waals surface area contributed by atoms with Crippen molar-refractivity contribution in [3.63, 3.8) is 0 Å². The lowest BCUT2D eigenvalue weighted by atomic mass is 10.1. The summed E-state index contributed by atoms with van der Waals surface area (Å²) in [5.41, 5.74) is 2.82. The molecule has 2 rings (SSSR count). The Morgan fingerprint density at radius 3 is 2.50 bits per heavy atom. The number of nitrogens with zero attached hydrogens (tertiary/aromatic N) is 1. The topological polar surface area (TPSA) is 15.3 Å². The molecule has 0 bridgehead atoms. The molecule has 1 aliphatic heterocycles. The number of hydrogen-bond acceptors (Lipinski definition) is 2. The molecule has 0 aliphatic carbocycles. The first-order valence-corrected chi connectivity index (χ1v) is 8.35. The fourth-order valence-electron chi connectivity index (χ4n) is 2.90. The van der Waals surface area contributed by atoms with Gasteiger partial charge in [-0.3, -0.25) is 0 Å². The highest BCUT2D eigenvalue weighted by Crippen LogP contribution is 2.34. The molecule has 112 valence electrons. The summed E-state index contributed by atoms with van der Waals surface area (Å²) in [6.07, 6.45) is 1.29. The molecule has 1 fully saturated rings. The zero-order chi connectivity index (χ0) is 14.9. The SMILES string of the molecule is CC1CC(C)N(c2ccc(CNC(C)(C)C)cc2Br)C1. The normalized spacial score (nSPS) is 23.4. The van der Waals surface area contributed by atoms with Crippen molar-refractivity contribution >= 4 is 21.6 Å². The number of rotatable bonds is 3. The number of halogens is 1. The first-order chi connectivity index (χ1) is 9.26.